The van der Waals surface area contributed by atoms with Crippen molar-refractivity contribution in [2.45, 2.75) is 56.5 Å². The molecule has 1 N–H and O–H groups in total. The van der Waals surface area contributed by atoms with Gasteiger partial charge in [-0.3, -0.25) is 14.7 Å². The van der Waals surface area contributed by atoms with Crippen LogP contribution in [-0.2, 0) is 25.9 Å². The normalized spacial score (nSPS) is 15.5. The Morgan fingerprint density at radius 3 is 2.42 bits per heavy atom. The topological polar surface area (TPSA) is 136 Å². The Labute approximate surface area is 281 Å². The van der Waals surface area contributed by atoms with Crippen molar-refractivity contribution < 1.29 is 31.1 Å². The molecule has 0 spiro atoms. The fourth-order valence-corrected chi connectivity index (χ4v) is 5.89. The summed E-state index contributed by atoms with van der Waals surface area (Å²) in [6.07, 6.45) is -4.70. The Balaban J connectivity index is 1.47. The number of hydrogen-bond acceptors (Lipinski definition) is 8. The van der Waals surface area contributed by atoms with Crippen LogP contribution in [0.5, 0.6) is 0 Å². The highest BCUT2D eigenvalue weighted by atomic mass is 19.4. The lowest BCUT2D eigenvalue weighted by Crippen LogP contribution is -2.33. The number of amides is 1. The lowest BCUT2D eigenvalue weighted by atomic mass is 9.79. The van der Waals surface area contributed by atoms with Gasteiger partial charge in [-0.25, -0.2) is 4.98 Å². The zero-order valence-corrected chi connectivity index (χ0v) is 26.4. The predicted molar refractivity (Wildman–Crippen MR) is 170 cm³/mol. The highest BCUT2D eigenvalue weighted by Crippen LogP contribution is 2.42. The predicted octanol–water partition coefficient (Wildman–Crippen LogP) is 7.32. The van der Waals surface area contributed by atoms with Crippen LogP contribution in [0.25, 0.3) is 22.5 Å². The number of carbonyl (C=O) groups is 1. The van der Waals surface area contributed by atoms with Gasteiger partial charge in [-0.15, -0.1) is 10.2 Å². The minimum absolute atomic E-state index is 0.00774. The van der Waals surface area contributed by atoms with Gasteiger partial charge in [0.1, 0.15) is 23.5 Å². The first-order valence-electron chi connectivity index (χ1n) is 15.4. The first kappa shape index (κ1) is 34.1. The molecule has 0 bridgehead atoms. The van der Waals surface area contributed by atoms with Gasteiger partial charge in [0.05, 0.1) is 29.8 Å². The van der Waals surface area contributed by atoms with Crippen LogP contribution in [-0.4, -0.2) is 44.0 Å². The number of aromatic nitrogens is 4. The largest absolute Gasteiger partial charge is 0.416 e. The number of pyridine rings is 1. The van der Waals surface area contributed by atoms with Crippen LogP contribution in [0.3, 0.4) is 0 Å². The van der Waals surface area contributed by atoms with Gasteiger partial charge in [0.15, 0.2) is 5.82 Å². The lowest BCUT2D eigenvalue weighted by molar-refractivity contribution is -0.138. The summed E-state index contributed by atoms with van der Waals surface area (Å²) in [5, 5.41) is 29.4. The summed E-state index contributed by atoms with van der Waals surface area (Å²) in [6.45, 7) is -0.285. The molecule has 10 nitrogen and oxygen atoms in total. The summed E-state index contributed by atoms with van der Waals surface area (Å²) >= 11 is 0. The van der Waals surface area contributed by atoms with Crippen molar-refractivity contribution in [2.24, 2.45) is 12.0 Å². The lowest BCUT2D eigenvalue weighted by Gasteiger charge is -2.30. The number of anilines is 2. The number of nitriles is 2. The number of alkyl halides is 6. The molecular weight excluding hydrogens is 664 g/mol. The quantitative estimate of drug-likeness (QED) is 0.110. The van der Waals surface area contributed by atoms with Crippen LogP contribution in [0.15, 0.2) is 53.8 Å². The molecule has 2 aliphatic rings. The molecule has 0 radical (unpaired) electrons. The number of aryl methyl sites for hydroxylation is 1. The molecule has 16 heteroatoms. The molecule has 4 aromatic rings. The van der Waals surface area contributed by atoms with E-state index in [0.29, 0.717) is 19.3 Å². The van der Waals surface area contributed by atoms with Gasteiger partial charge < -0.3 is 9.88 Å². The second-order valence-corrected chi connectivity index (χ2v) is 12.1. The first-order chi connectivity index (χ1) is 23.7. The highest BCUT2D eigenvalue weighted by molar-refractivity contribution is 6.11. The zero-order chi connectivity index (χ0) is 35.8. The minimum atomic E-state index is -4.85. The Morgan fingerprint density at radius 1 is 1.02 bits per heavy atom. The van der Waals surface area contributed by atoms with E-state index in [4.69, 9.17) is 5.26 Å². The van der Waals surface area contributed by atoms with Crippen molar-refractivity contribution in [1.29, 1.82) is 10.5 Å². The smallest absolute Gasteiger partial charge is 0.370 e. The standard InChI is InChI=1S/C34H27F6N9O/c1-48-19-45-47-30(48)23-6-5-22(33(35,36)37)15-24(23)21-13-28(43-10-3-2-9-41)46-29(14-21)49-17-26-25(31(49)50)11-20(12-27(26)34(38,39)40)16-44-32(18-42)7-4-8-32/h5-6,11-16,19H,2-4,7-8,10,17H2,1H3,(H,43,46). The van der Waals surface area contributed by atoms with E-state index in [1.165, 1.54) is 41.4 Å². The molecule has 256 valence electrons. The molecule has 1 aliphatic heterocycles. The number of nitrogens with zero attached hydrogens (tertiary/aromatic N) is 8. The maximum Gasteiger partial charge on any atom is 0.416 e. The summed E-state index contributed by atoms with van der Waals surface area (Å²) < 4.78 is 86.6. The van der Waals surface area contributed by atoms with Gasteiger partial charge in [-0.2, -0.15) is 36.9 Å². The van der Waals surface area contributed by atoms with Gasteiger partial charge in [0.2, 0.25) is 0 Å². The summed E-state index contributed by atoms with van der Waals surface area (Å²) in [6, 6.07) is 12.1. The van der Waals surface area contributed by atoms with Crippen LogP contribution in [0.4, 0.5) is 38.0 Å². The fourth-order valence-electron chi connectivity index (χ4n) is 5.89. The van der Waals surface area contributed by atoms with Crippen molar-refractivity contribution in [3.63, 3.8) is 0 Å². The molecule has 1 fully saturated rings. The fraction of sp³-hybridized carbons (Fsp3) is 0.324. The maximum atomic E-state index is 14.4. The first-order valence-corrected chi connectivity index (χ1v) is 15.4. The Hall–Kier alpha value is -5.77. The second-order valence-electron chi connectivity index (χ2n) is 12.1. The van der Waals surface area contributed by atoms with Crippen LogP contribution in [0, 0.1) is 22.7 Å². The number of nitrogens with one attached hydrogen (secondary N) is 1. The molecule has 1 saturated carbocycles. The number of aliphatic imine (C=N–C) groups is 1. The van der Waals surface area contributed by atoms with Crippen molar-refractivity contribution in [2.75, 3.05) is 16.8 Å². The summed E-state index contributed by atoms with van der Waals surface area (Å²) in [4.78, 5) is 23.6. The molecule has 0 atom stereocenters. The average molecular weight is 692 g/mol. The molecule has 0 unspecified atom stereocenters. The third-order valence-electron chi connectivity index (χ3n) is 8.69. The second kappa shape index (κ2) is 12.9. The molecule has 6 rings (SSSR count). The summed E-state index contributed by atoms with van der Waals surface area (Å²) in [7, 11) is 1.61. The highest BCUT2D eigenvalue weighted by Gasteiger charge is 2.41. The Kier molecular flexibility index (Phi) is 8.82. The van der Waals surface area contributed by atoms with Crippen molar-refractivity contribution in [3.8, 4) is 34.7 Å². The number of carbonyl (C=O) groups excluding carboxylic acids is 1. The van der Waals surface area contributed by atoms with Crippen molar-refractivity contribution in [1.82, 2.24) is 19.7 Å². The number of benzene rings is 2. The number of rotatable bonds is 9. The third-order valence-corrected chi connectivity index (χ3v) is 8.69. The van der Waals surface area contributed by atoms with E-state index in [-0.39, 0.29) is 63.8 Å². The van der Waals surface area contributed by atoms with E-state index in [1.807, 2.05) is 6.07 Å². The molecular formula is C34H27F6N9O. The average Bonchev–Trinajstić information content (AvgIpc) is 3.63. The van der Waals surface area contributed by atoms with E-state index in [2.05, 4.69) is 31.6 Å². The maximum absolute atomic E-state index is 14.4. The number of fused-ring (bicyclic) bond motifs is 1. The van der Waals surface area contributed by atoms with Gasteiger partial charge in [-0.1, -0.05) is 0 Å². The van der Waals surface area contributed by atoms with E-state index >= 15 is 0 Å². The van der Waals surface area contributed by atoms with Gasteiger partial charge in [0, 0.05) is 37.4 Å². The Morgan fingerprint density at radius 2 is 1.80 bits per heavy atom. The zero-order valence-electron chi connectivity index (χ0n) is 26.4. The van der Waals surface area contributed by atoms with Gasteiger partial charge in [-0.05, 0) is 90.4 Å². The van der Waals surface area contributed by atoms with E-state index < -0.39 is 41.5 Å². The van der Waals surface area contributed by atoms with Crippen LogP contribution in [0.2, 0.25) is 0 Å². The molecule has 2 aromatic heterocycles. The van der Waals surface area contributed by atoms with E-state index in [1.54, 1.807) is 7.05 Å². The van der Waals surface area contributed by atoms with Crippen molar-refractivity contribution >= 4 is 23.8 Å². The molecule has 50 heavy (non-hydrogen) atoms. The van der Waals surface area contributed by atoms with E-state index in [0.717, 1.165) is 29.5 Å². The molecule has 2 aromatic carbocycles. The number of unbranched alkanes of at least 4 members (excludes halogenated alkanes) is 1. The third kappa shape index (κ3) is 6.61. The van der Waals surface area contributed by atoms with Crippen LogP contribution in [0.1, 0.15) is 64.7 Å². The minimum Gasteiger partial charge on any atom is -0.370 e. The SMILES string of the molecule is Cn1cnnc1-c1ccc(C(F)(F)F)cc1-c1cc(NCCCC#N)nc(N2Cc3c(cc(C=NC4(C#N)CCC4)cc3C(F)(F)F)C2=O)c1. The monoisotopic (exact) mass is 691 g/mol. The summed E-state index contributed by atoms with van der Waals surface area (Å²) in [5.41, 5.74) is -3.09. The molecule has 0 saturated heterocycles. The van der Waals surface area contributed by atoms with Gasteiger partial charge in [0.25, 0.3) is 5.91 Å². The molecule has 3 heterocycles. The van der Waals surface area contributed by atoms with E-state index in [9.17, 15) is 36.4 Å². The van der Waals surface area contributed by atoms with Crippen molar-refractivity contribution in [3.05, 3.63) is 76.6 Å². The molecule has 1 aliphatic carbocycles. The Bertz CT molecular complexity index is 2080. The summed E-state index contributed by atoms with van der Waals surface area (Å²) in [5.74, 6) is -0.567. The van der Waals surface area contributed by atoms with Crippen LogP contribution < -0.4 is 10.2 Å². The van der Waals surface area contributed by atoms with Gasteiger partial charge >= 0.3 is 12.4 Å². The van der Waals surface area contributed by atoms with Crippen LogP contribution >= 0.6 is 0 Å². The number of halogens is 6. The molecule has 1 amide bonds. The number of hydrogen-bond donors (Lipinski definition) is 1.